The van der Waals surface area contributed by atoms with Crippen molar-refractivity contribution in [2.45, 2.75) is 31.7 Å². The van der Waals surface area contributed by atoms with E-state index in [2.05, 4.69) is 55.6 Å². The number of anilines is 1. The number of fused-ring (bicyclic) bond motifs is 1. The van der Waals surface area contributed by atoms with Crippen LogP contribution in [0, 0.1) is 0 Å². The summed E-state index contributed by atoms with van der Waals surface area (Å²) < 4.78 is 11.8. The van der Waals surface area contributed by atoms with Crippen molar-refractivity contribution in [3.63, 3.8) is 0 Å². The number of hydrogen-bond donors (Lipinski definition) is 2. The zero-order chi connectivity index (χ0) is 22.5. The second-order valence-electron chi connectivity index (χ2n) is 8.88. The van der Waals surface area contributed by atoms with Crippen molar-refractivity contribution in [1.29, 1.82) is 0 Å². The maximum absolute atomic E-state index is 10.8. The van der Waals surface area contributed by atoms with Crippen molar-refractivity contribution < 1.29 is 14.3 Å². The van der Waals surface area contributed by atoms with E-state index < -0.39 is 0 Å². The van der Waals surface area contributed by atoms with Crippen molar-refractivity contribution in [3.05, 3.63) is 54.2 Å². The first-order chi connectivity index (χ1) is 16.2. The smallest absolute Gasteiger partial charge is 0.212 e. The van der Waals surface area contributed by atoms with Crippen molar-refractivity contribution >= 4 is 22.9 Å². The number of carbonyl (C=O) groups is 1. The minimum absolute atomic E-state index is 0.343. The van der Waals surface area contributed by atoms with Gasteiger partial charge in [-0.05, 0) is 55.3 Å². The van der Waals surface area contributed by atoms with Crippen LogP contribution < -0.4 is 10.1 Å². The maximum Gasteiger partial charge on any atom is 0.212 e. The van der Waals surface area contributed by atoms with Gasteiger partial charge >= 0.3 is 0 Å². The fraction of sp³-hybridized carbons (Fsp3) is 0.440. The number of likely N-dealkylation sites (tertiary alicyclic amines) is 1. The minimum Gasteiger partial charge on any atom is -0.464 e. The summed E-state index contributed by atoms with van der Waals surface area (Å²) in [4.78, 5) is 15.4. The first kappa shape index (κ1) is 21.9. The second kappa shape index (κ2) is 10.3. The summed E-state index contributed by atoms with van der Waals surface area (Å²) in [6, 6.07) is 15.0. The molecule has 8 nitrogen and oxygen atoms in total. The molecule has 0 bridgehead atoms. The molecule has 33 heavy (non-hydrogen) atoms. The molecule has 2 fully saturated rings. The van der Waals surface area contributed by atoms with E-state index in [1.807, 2.05) is 18.3 Å². The van der Waals surface area contributed by atoms with Crippen LogP contribution in [0.5, 0.6) is 5.75 Å². The molecule has 2 aliphatic heterocycles. The fourth-order valence-corrected chi connectivity index (χ4v) is 4.72. The summed E-state index contributed by atoms with van der Waals surface area (Å²) in [5.41, 5.74) is 3.43. The zero-order valence-corrected chi connectivity index (χ0v) is 18.8. The number of aromatic nitrogens is 2. The van der Waals surface area contributed by atoms with Gasteiger partial charge in [-0.3, -0.25) is 14.9 Å². The van der Waals surface area contributed by atoms with Gasteiger partial charge in [-0.2, -0.15) is 5.10 Å². The molecule has 5 rings (SSSR count). The number of hydrogen-bond acceptors (Lipinski definition) is 7. The zero-order valence-electron chi connectivity index (χ0n) is 18.8. The number of aldehydes is 1. The summed E-state index contributed by atoms with van der Waals surface area (Å²) in [6.07, 6.45) is 4.79. The molecular formula is C25H31N5O3. The van der Waals surface area contributed by atoms with Gasteiger partial charge in [-0.15, -0.1) is 0 Å². The quantitative estimate of drug-likeness (QED) is 0.512. The van der Waals surface area contributed by atoms with Gasteiger partial charge in [0.05, 0.1) is 31.4 Å². The number of ether oxygens (including phenoxy) is 2. The predicted molar refractivity (Wildman–Crippen MR) is 127 cm³/mol. The summed E-state index contributed by atoms with van der Waals surface area (Å²) >= 11 is 0. The van der Waals surface area contributed by atoms with E-state index in [4.69, 9.17) is 9.47 Å². The van der Waals surface area contributed by atoms with Crippen LogP contribution in [0.15, 0.2) is 48.7 Å². The van der Waals surface area contributed by atoms with Crippen LogP contribution >= 0.6 is 0 Å². The Morgan fingerprint density at radius 1 is 1.18 bits per heavy atom. The molecule has 1 aromatic heterocycles. The lowest BCUT2D eigenvalue weighted by atomic mass is 10.0. The highest BCUT2D eigenvalue weighted by Crippen LogP contribution is 2.23. The maximum atomic E-state index is 10.8. The Morgan fingerprint density at radius 3 is 3.09 bits per heavy atom. The summed E-state index contributed by atoms with van der Waals surface area (Å²) in [5, 5.41) is 11.9. The molecule has 2 N–H and O–H groups in total. The van der Waals surface area contributed by atoms with E-state index in [1.165, 1.54) is 18.4 Å². The average Bonchev–Trinajstić information content (AvgIpc) is 3.28. The van der Waals surface area contributed by atoms with E-state index in [9.17, 15) is 4.79 Å². The molecule has 0 radical (unpaired) electrons. The molecule has 2 aromatic carbocycles. The van der Waals surface area contributed by atoms with Gasteiger partial charge in [0.25, 0.3) is 0 Å². The lowest BCUT2D eigenvalue weighted by Gasteiger charge is -2.34. The van der Waals surface area contributed by atoms with Gasteiger partial charge in [0.2, 0.25) is 6.29 Å². The first-order valence-electron chi connectivity index (χ1n) is 11.7. The third-order valence-electron chi connectivity index (χ3n) is 6.34. The van der Waals surface area contributed by atoms with Gasteiger partial charge in [0.15, 0.2) is 0 Å². The summed E-state index contributed by atoms with van der Waals surface area (Å²) in [5.74, 6) is 0.811. The fourth-order valence-electron chi connectivity index (χ4n) is 4.72. The van der Waals surface area contributed by atoms with Crippen molar-refractivity contribution in [3.8, 4) is 5.75 Å². The van der Waals surface area contributed by atoms with Crippen LogP contribution in [0.2, 0.25) is 0 Å². The average molecular weight is 450 g/mol. The molecule has 2 saturated heterocycles. The third kappa shape index (κ3) is 5.71. The molecule has 3 heterocycles. The highest BCUT2D eigenvalue weighted by molar-refractivity contribution is 5.81. The van der Waals surface area contributed by atoms with Crippen LogP contribution in [0.3, 0.4) is 0 Å². The highest BCUT2D eigenvalue weighted by atomic mass is 16.7. The van der Waals surface area contributed by atoms with Gasteiger partial charge in [-0.25, -0.2) is 0 Å². The Kier molecular flexibility index (Phi) is 6.85. The van der Waals surface area contributed by atoms with Crippen LogP contribution in [0.1, 0.15) is 18.4 Å². The second-order valence-corrected chi connectivity index (χ2v) is 8.88. The molecule has 2 unspecified atom stereocenters. The number of rotatable bonds is 8. The number of nitrogens with one attached hydrogen (secondary N) is 2. The normalized spacial score (nSPS) is 22.3. The van der Waals surface area contributed by atoms with Crippen LogP contribution in [0.4, 0.5) is 5.69 Å². The molecule has 2 aliphatic rings. The van der Waals surface area contributed by atoms with E-state index in [0.717, 1.165) is 54.8 Å². The van der Waals surface area contributed by atoms with Gasteiger partial charge < -0.3 is 19.6 Å². The molecule has 3 aromatic rings. The van der Waals surface area contributed by atoms with Gasteiger partial charge in [0, 0.05) is 36.7 Å². The Labute approximate surface area is 193 Å². The molecular weight excluding hydrogens is 418 g/mol. The van der Waals surface area contributed by atoms with E-state index in [1.54, 1.807) is 0 Å². The summed E-state index contributed by atoms with van der Waals surface area (Å²) in [6.45, 7) is 5.35. The number of benzene rings is 2. The van der Waals surface area contributed by atoms with Crippen LogP contribution in [0.25, 0.3) is 10.9 Å². The van der Waals surface area contributed by atoms with E-state index in [0.29, 0.717) is 25.7 Å². The van der Waals surface area contributed by atoms with Crippen molar-refractivity contribution in [1.82, 2.24) is 20.0 Å². The Morgan fingerprint density at radius 2 is 2.15 bits per heavy atom. The SMILES string of the molecule is O=CCN1CCOC(Oc2cccc(CN3CCCC(Nc4ccc5[nH]ncc5c4)C3)c2)C1. The Bertz CT molecular complexity index is 1070. The van der Waals surface area contributed by atoms with E-state index in [-0.39, 0.29) is 6.29 Å². The lowest BCUT2D eigenvalue weighted by Crippen LogP contribution is -2.45. The number of carbonyl (C=O) groups excluding carboxylic acids is 1. The third-order valence-corrected chi connectivity index (χ3v) is 6.34. The van der Waals surface area contributed by atoms with Gasteiger partial charge in [-0.1, -0.05) is 12.1 Å². The van der Waals surface area contributed by atoms with Gasteiger partial charge in [0.1, 0.15) is 12.0 Å². The Hall–Kier alpha value is -2.94. The molecule has 0 saturated carbocycles. The highest BCUT2D eigenvalue weighted by Gasteiger charge is 2.22. The van der Waals surface area contributed by atoms with Crippen LogP contribution in [-0.2, 0) is 16.1 Å². The molecule has 0 aliphatic carbocycles. The number of morpholine rings is 1. The number of nitrogens with zero attached hydrogens (tertiary/aromatic N) is 3. The Balaban J connectivity index is 1.16. The lowest BCUT2D eigenvalue weighted by molar-refractivity contribution is -0.134. The van der Waals surface area contributed by atoms with E-state index >= 15 is 0 Å². The molecule has 174 valence electrons. The first-order valence-corrected chi connectivity index (χ1v) is 11.7. The van der Waals surface area contributed by atoms with Crippen molar-refractivity contribution in [2.75, 3.05) is 44.6 Å². The number of H-pyrrole nitrogens is 1. The minimum atomic E-state index is -0.343. The molecule has 2 atom stereocenters. The molecule has 0 amide bonds. The topological polar surface area (TPSA) is 82.7 Å². The molecule has 8 heteroatoms. The number of aromatic amines is 1. The van der Waals surface area contributed by atoms with Crippen LogP contribution in [-0.4, -0.2) is 77.9 Å². The molecule has 0 spiro atoms. The predicted octanol–water partition coefficient (Wildman–Crippen LogP) is 2.88. The largest absolute Gasteiger partial charge is 0.464 e. The van der Waals surface area contributed by atoms with Crippen molar-refractivity contribution in [2.24, 2.45) is 0 Å². The standard InChI is InChI=1S/C25H31N5O3/c31-11-9-29-10-12-32-25(18-29)33-23-5-1-3-19(13-23)16-30-8-2-4-22(17-30)27-21-6-7-24-20(14-21)15-26-28-24/h1,3,5-7,11,13-15,22,25,27H,2,4,8-10,12,16-18H2,(H,26,28). The monoisotopic (exact) mass is 449 g/mol. The number of piperidine rings is 1. The summed E-state index contributed by atoms with van der Waals surface area (Å²) in [7, 11) is 0.